The van der Waals surface area contributed by atoms with Crippen LogP contribution in [0.1, 0.15) is 42.1 Å². The van der Waals surface area contributed by atoms with Crippen LogP contribution in [-0.4, -0.2) is 35.8 Å². The van der Waals surface area contributed by atoms with Gasteiger partial charge in [-0.15, -0.1) is 0 Å². The maximum Gasteiger partial charge on any atom is 0.251 e. The molecule has 1 saturated heterocycles. The van der Waals surface area contributed by atoms with Crippen LogP contribution in [0.25, 0.3) is 0 Å². The lowest BCUT2D eigenvalue weighted by Crippen LogP contribution is -2.44. The Bertz CT molecular complexity index is 542. The smallest absolute Gasteiger partial charge is 0.251 e. The van der Waals surface area contributed by atoms with Crippen molar-refractivity contribution in [3.8, 4) is 0 Å². The summed E-state index contributed by atoms with van der Waals surface area (Å²) in [5.41, 5.74) is 7.30. The van der Waals surface area contributed by atoms with E-state index in [0.717, 1.165) is 24.9 Å². The zero-order chi connectivity index (χ0) is 15.4. The molecule has 0 saturated carbocycles. The van der Waals surface area contributed by atoms with E-state index >= 15 is 0 Å². The van der Waals surface area contributed by atoms with Crippen LogP contribution in [0.2, 0.25) is 0 Å². The fourth-order valence-corrected chi connectivity index (χ4v) is 2.88. The maximum absolute atomic E-state index is 12.3. The highest BCUT2D eigenvalue weighted by Gasteiger charge is 2.23. The van der Waals surface area contributed by atoms with Gasteiger partial charge in [0.25, 0.3) is 5.91 Å². The normalized spacial score (nSPS) is 18.4. The van der Waals surface area contributed by atoms with E-state index in [2.05, 4.69) is 12.2 Å². The second-order valence-electron chi connectivity index (χ2n) is 5.65. The molecule has 3 N–H and O–H groups in total. The van der Waals surface area contributed by atoms with E-state index in [4.69, 9.17) is 5.73 Å². The molecule has 1 aliphatic rings. The van der Waals surface area contributed by atoms with Gasteiger partial charge in [0, 0.05) is 18.3 Å². The molecule has 1 atom stereocenters. The zero-order valence-electron chi connectivity index (χ0n) is 12.7. The van der Waals surface area contributed by atoms with E-state index in [1.807, 2.05) is 24.0 Å². The molecule has 0 aliphatic carbocycles. The molecule has 0 aromatic heterocycles. The number of hydrogen-bond acceptors (Lipinski definition) is 3. The van der Waals surface area contributed by atoms with Crippen molar-refractivity contribution in [2.75, 3.05) is 18.4 Å². The van der Waals surface area contributed by atoms with E-state index in [9.17, 15) is 9.59 Å². The standard InChI is InChI=1S/C16H23N3O2/c1-11-6-5-8-13(15(11)16(17)21)18-10-14(20)19-9-4-3-7-12(19)2/h5-6,8,12,18H,3-4,7,9-10H2,1-2H3,(H2,17,21). The predicted octanol–water partition coefficient (Wildman–Crippen LogP) is 1.91. The van der Waals surface area contributed by atoms with Gasteiger partial charge in [-0.2, -0.15) is 0 Å². The van der Waals surface area contributed by atoms with Crippen molar-refractivity contribution in [1.29, 1.82) is 0 Å². The monoisotopic (exact) mass is 289 g/mol. The number of piperidine rings is 1. The molecule has 2 amide bonds. The number of amides is 2. The molecule has 5 heteroatoms. The van der Waals surface area contributed by atoms with Gasteiger partial charge in [-0.05, 0) is 44.7 Å². The Kier molecular flexibility index (Phi) is 4.83. The number of rotatable bonds is 4. The molecule has 1 aliphatic heterocycles. The molecule has 1 heterocycles. The van der Waals surface area contributed by atoms with Gasteiger partial charge in [-0.25, -0.2) is 0 Å². The predicted molar refractivity (Wildman–Crippen MR) is 83.2 cm³/mol. The summed E-state index contributed by atoms with van der Waals surface area (Å²) >= 11 is 0. The first-order valence-corrected chi connectivity index (χ1v) is 7.43. The van der Waals surface area contributed by atoms with Crippen LogP contribution in [0.15, 0.2) is 18.2 Å². The highest BCUT2D eigenvalue weighted by atomic mass is 16.2. The van der Waals surface area contributed by atoms with E-state index in [0.29, 0.717) is 17.3 Å². The van der Waals surface area contributed by atoms with Crippen molar-refractivity contribution in [1.82, 2.24) is 4.90 Å². The first-order chi connectivity index (χ1) is 10.0. The van der Waals surface area contributed by atoms with Gasteiger partial charge in [0.05, 0.1) is 12.1 Å². The van der Waals surface area contributed by atoms with Gasteiger partial charge >= 0.3 is 0 Å². The van der Waals surface area contributed by atoms with E-state index in [1.165, 1.54) is 6.42 Å². The lowest BCUT2D eigenvalue weighted by Gasteiger charge is -2.33. The number of nitrogens with two attached hydrogens (primary N) is 1. The summed E-state index contributed by atoms with van der Waals surface area (Å²) in [6.07, 6.45) is 3.30. The van der Waals surface area contributed by atoms with Crippen molar-refractivity contribution in [2.45, 2.75) is 39.2 Å². The Morgan fingerprint density at radius 3 is 2.81 bits per heavy atom. The topological polar surface area (TPSA) is 75.4 Å². The van der Waals surface area contributed by atoms with Crippen molar-refractivity contribution in [3.63, 3.8) is 0 Å². The Morgan fingerprint density at radius 1 is 1.38 bits per heavy atom. The molecule has 0 spiro atoms. The minimum atomic E-state index is -0.477. The van der Waals surface area contributed by atoms with Crippen molar-refractivity contribution in [3.05, 3.63) is 29.3 Å². The molecule has 0 radical (unpaired) electrons. The van der Waals surface area contributed by atoms with E-state index in [1.54, 1.807) is 6.07 Å². The summed E-state index contributed by atoms with van der Waals surface area (Å²) in [5.74, 6) is -0.409. The van der Waals surface area contributed by atoms with Crippen LogP contribution in [0.3, 0.4) is 0 Å². The Balaban J connectivity index is 2.04. The van der Waals surface area contributed by atoms with E-state index < -0.39 is 5.91 Å². The van der Waals surface area contributed by atoms with Crippen LogP contribution in [0.5, 0.6) is 0 Å². The molecule has 1 fully saturated rings. The third-order valence-corrected chi connectivity index (χ3v) is 4.07. The maximum atomic E-state index is 12.3. The third kappa shape index (κ3) is 3.54. The summed E-state index contributed by atoms with van der Waals surface area (Å²) in [6.45, 7) is 4.92. The molecule has 2 rings (SSSR count). The molecule has 1 aromatic rings. The summed E-state index contributed by atoms with van der Waals surface area (Å²) in [6, 6.07) is 5.75. The van der Waals surface area contributed by atoms with Crippen LogP contribution in [0, 0.1) is 6.92 Å². The largest absolute Gasteiger partial charge is 0.375 e. The zero-order valence-corrected chi connectivity index (χ0v) is 12.7. The Hall–Kier alpha value is -2.04. The number of hydrogen-bond donors (Lipinski definition) is 2. The number of nitrogens with zero attached hydrogens (tertiary/aromatic N) is 1. The highest BCUT2D eigenvalue weighted by Crippen LogP contribution is 2.20. The Morgan fingerprint density at radius 2 is 2.14 bits per heavy atom. The summed E-state index contributed by atoms with van der Waals surface area (Å²) in [4.78, 5) is 25.7. The molecule has 21 heavy (non-hydrogen) atoms. The number of aryl methyl sites for hydroxylation is 1. The molecular formula is C16H23N3O2. The van der Waals surface area contributed by atoms with Crippen LogP contribution >= 0.6 is 0 Å². The van der Waals surface area contributed by atoms with Crippen molar-refractivity contribution < 1.29 is 9.59 Å². The second kappa shape index (κ2) is 6.61. The summed E-state index contributed by atoms with van der Waals surface area (Å²) in [5, 5.41) is 3.06. The van der Waals surface area contributed by atoms with Crippen molar-refractivity contribution in [2.24, 2.45) is 5.73 Å². The lowest BCUT2D eigenvalue weighted by molar-refractivity contribution is -0.132. The van der Waals surface area contributed by atoms with Crippen LogP contribution < -0.4 is 11.1 Å². The van der Waals surface area contributed by atoms with Gasteiger partial charge in [0.1, 0.15) is 0 Å². The summed E-state index contributed by atoms with van der Waals surface area (Å²) < 4.78 is 0. The number of nitrogens with one attached hydrogen (secondary N) is 1. The van der Waals surface area contributed by atoms with Gasteiger partial charge in [-0.3, -0.25) is 9.59 Å². The first-order valence-electron chi connectivity index (χ1n) is 7.43. The van der Waals surface area contributed by atoms with Gasteiger partial charge in [-0.1, -0.05) is 12.1 Å². The minimum absolute atomic E-state index is 0.0686. The summed E-state index contributed by atoms with van der Waals surface area (Å²) in [7, 11) is 0. The first kappa shape index (κ1) is 15.4. The molecule has 1 unspecified atom stereocenters. The van der Waals surface area contributed by atoms with Gasteiger partial charge in [0.2, 0.25) is 5.91 Å². The number of carbonyl (C=O) groups is 2. The number of benzene rings is 1. The minimum Gasteiger partial charge on any atom is -0.375 e. The number of anilines is 1. The molecule has 0 bridgehead atoms. The molecule has 1 aromatic carbocycles. The SMILES string of the molecule is Cc1cccc(NCC(=O)N2CCCCC2C)c1C(N)=O. The molecular weight excluding hydrogens is 266 g/mol. The third-order valence-electron chi connectivity index (χ3n) is 4.07. The second-order valence-corrected chi connectivity index (χ2v) is 5.65. The van der Waals surface area contributed by atoms with Gasteiger partial charge < -0.3 is 16.0 Å². The fourth-order valence-electron chi connectivity index (χ4n) is 2.88. The number of likely N-dealkylation sites (tertiary alicyclic amines) is 1. The molecule has 114 valence electrons. The lowest BCUT2D eigenvalue weighted by atomic mass is 10.0. The molecule has 5 nitrogen and oxygen atoms in total. The van der Waals surface area contributed by atoms with Gasteiger partial charge in [0.15, 0.2) is 0 Å². The number of primary amides is 1. The average Bonchev–Trinajstić information content (AvgIpc) is 2.44. The average molecular weight is 289 g/mol. The Labute approximate surface area is 125 Å². The van der Waals surface area contributed by atoms with E-state index in [-0.39, 0.29) is 12.5 Å². The quantitative estimate of drug-likeness (QED) is 0.889. The fraction of sp³-hybridized carbons (Fsp3) is 0.500. The highest BCUT2D eigenvalue weighted by molar-refractivity contribution is 6.00. The van der Waals surface area contributed by atoms with Crippen molar-refractivity contribution >= 4 is 17.5 Å². The van der Waals surface area contributed by atoms with Crippen LogP contribution in [-0.2, 0) is 4.79 Å². The number of carbonyl (C=O) groups excluding carboxylic acids is 2. The van der Waals surface area contributed by atoms with Crippen LogP contribution in [0.4, 0.5) is 5.69 Å².